The molecule has 0 radical (unpaired) electrons. The summed E-state index contributed by atoms with van der Waals surface area (Å²) in [6, 6.07) is 0. The minimum atomic E-state index is -0.174. The number of alkyl halides is 1. The highest BCUT2D eigenvalue weighted by Gasteiger charge is 2.43. The van der Waals surface area contributed by atoms with Gasteiger partial charge in [-0.25, -0.2) is 0 Å². The molecule has 0 aliphatic carbocycles. The number of esters is 1. The van der Waals surface area contributed by atoms with Crippen molar-refractivity contribution < 1.29 is 9.53 Å². The van der Waals surface area contributed by atoms with Crippen molar-refractivity contribution in [3.05, 3.63) is 0 Å². The summed E-state index contributed by atoms with van der Waals surface area (Å²) >= 11 is 5.54. The first-order valence-electron chi connectivity index (χ1n) is 4.42. The molecular formula is C9H15ClO2. The van der Waals surface area contributed by atoms with Crippen molar-refractivity contribution in [1.82, 2.24) is 0 Å². The van der Waals surface area contributed by atoms with Crippen LogP contribution in [0.25, 0.3) is 0 Å². The summed E-state index contributed by atoms with van der Waals surface area (Å²) in [5.41, 5.74) is -0.174. The maximum atomic E-state index is 11.0. The summed E-state index contributed by atoms with van der Waals surface area (Å²) in [5.74, 6) is 0.689. The van der Waals surface area contributed by atoms with Crippen LogP contribution in [0.5, 0.6) is 0 Å². The molecule has 0 saturated carbocycles. The maximum absolute atomic E-state index is 11.0. The van der Waals surface area contributed by atoms with Gasteiger partial charge in [-0.05, 0) is 19.8 Å². The number of hydrogen-bond donors (Lipinski definition) is 0. The van der Waals surface area contributed by atoms with Crippen LogP contribution in [0.2, 0.25) is 0 Å². The Bertz CT molecular complexity index is 170. The molecule has 0 aromatic heterocycles. The number of unbranched alkanes of at least 4 members (excludes halogenated alkanes) is 2. The van der Waals surface area contributed by atoms with E-state index in [0.717, 1.165) is 31.6 Å². The highest BCUT2D eigenvalue weighted by Crippen LogP contribution is 2.33. The SMILES string of the molecule is CC1(CCCCCCl)COC1=O. The molecule has 1 aliphatic heterocycles. The van der Waals surface area contributed by atoms with Crippen LogP contribution >= 0.6 is 11.6 Å². The van der Waals surface area contributed by atoms with Crippen LogP contribution in [0.4, 0.5) is 0 Å². The second kappa shape index (κ2) is 4.13. The Morgan fingerprint density at radius 3 is 2.67 bits per heavy atom. The van der Waals surface area contributed by atoms with Crippen molar-refractivity contribution in [2.45, 2.75) is 32.6 Å². The van der Waals surface area contributed by atoms with Gasteiger partial charge in [-0.15, -0.1) is 11.6 Å². The van der Waals surface area contributed by atoms with E-state index in [1.165, 1.54) is 0 Å². The van der Waals surface area contributed by atoms with Crippen LogP contribution in [-0.2, 0) is 9.53 Å². The number of cyclic esters (lactones) is 1. The number of halogens is 1. The van der Waals surface area contributed by atoms with Gasteiger partial charge >= 0.3 is 5.97 Å². The quantitative estimate of drug-likeness (QED) is 0.378. The lowest BCUT2D eigenvalue weighted by molar-refractivity contribution is -0.184. The Hall–Kier alpha value is -0.240. The summed E-state index contributed by atoms with van der Waals surface area (Å²) in [4.78, 5) is 11.0. The smallest absolute Gasteiger partial charge is 0.315 e. The monoisotopic (exact) mass is 190 g/mol. The van der Waals surface area contributed by atoms with E-state index in [9.17, 15) is 4.79 Å². The molecule has 0 spiro atoms. The molecule has 12 heavy (non-hydrogen) atoms. The highest BCUT2D eigenvalue weighted by atomic mass is 35.5. The number of ether oxygens (including phenoxy) is 1. The van der Waals surface area contributed by atoms with Crippen LogP contribution in [0, 0.1) is 5.41 Å². The molecule has 1 unspecified atom stereocenters. The van der Waals surface area contributed by atoms with Crippen LogP contribution in [0.1, 0.15) is 32.6 Å². The fraction of sp³-hybridized carbons (Fsp3) is 0.889. The Kier molecular flexibility index (Phi) is 3.39. The van der Waals surface area contributed by atoms with Gasteiger partial charge in [-0.3, -0.25) is 4.79 Å². The maximum Gasteiger partial charge on any atom is 0.315 e. The van der Waals surface area contributed by atoms with Gasteiger partial charge in [0.05, 0.1) is 5.41 Å². The van der Waals surface area contributed by atoms with E-state index in [4.69, 9.17) is 16.3 Å². The van der Waals surface area contributed by atoms with Crippen LogP contribution < -0.4 is 0 Å². The molecule has 3 heteroatoms. The van der Waals surface area contributed by atoms with Gasteiger partial charge in [-0.1, -0.05) is 12.8 Å². The van der Waals surface area contributed by atoms with E-state index in [-0.39, 0.29) is 11.4 Å². The first-order chi connectivity index (χ1) is 5.69. The van der Waals surface area contributed by atoms with Crippen molar-refractivity contribution in [2.75, 3.05) is 12.5 Å². The minimum Gasteiger partial charge on any atom is -0.464 e. The molecule has 0 bridgehead atoms. The van der Waals surface area contributed by atoms with E-state index < -0.39 is 0 Å². The lowest BCUT2D eigenvalue weighted by Gasteiger charge is -2.35. The topological polar surface area (TPSA) is 26.3 Å². The van der Waals surface area contributed by atoms with Gasteiger partial charge in [0.2, 0.25) is 0 Å². The Morgan fingerprint density at radius 1 is 1.50 bits per heavy atom. The van der Waals surface area contributed by atoms with Gasteiger partial charge in [0.1, 0.15) is 6.61 Å². The minimum absolute atomic E-state index is 0.0339. The third-order valence-corrected chi connectivity index (χ3v) is 2.64. The molecule has 0 amide bonds. The van der Waals surface area contributed by atoms with Crippen molar-refractivity contribution in [3.63, 3.8) is 0 Å². The normalized spacial score (nSPS) is 28.0. The van der Waals surface area contributed by atoms with E-state index in [2.05, 4.69) is 0 Å². The van der Waals surface area contributed by atoms with Crippen molar-refractivity contribution in [2.24, 2.45) is 5.41 Å². The lowest BCUT2D eigenvalue weighted by Crippen LogP contribution is -2.45. The summed E-state index contributed by atoms with van der Waals surface area (Å²) in [5, 5.41) is 0. The first-order valence-corrected chi connectivity index (χ1v) is 4.96. The number of rotatable bonds is 5. The molecule has 0 aromatic carbocycles. The van der Waals surface area contributed by atoms with Gasteiger partial charge in [0.15, 0.2) is 0 Å². The Labute approximate surface area is 78.2 Å². The van der Waals surface area contributed by atoms with Gasteiger partial charge in [0, 0.05) is 5.88 Å². The third kappa shape index (κ3) is 2.13. The summed E-state index contributed by atoms with van der Waals surface area (Å²) in [7, 11) is 0. The van der Waals surface area contributed by atoms with Crippen LogP contribution in [-0.4, -0.2) is 18.5 Å². The molecule has 1 aliphatic rings. The van der Waals surface area contributed by atoms with Gasteiger partial charge < -0.3 is 4.74 Å². The second-order valence-corrected chi connectivity index (χ2v) is 4.01. The molecule has 1 fully saturated rings. The molecule has 1 saturated heterocycles. The molecule has 2 nitrogen and oxygen atoms in total. The molecular weight excluding hydrogens is 176 g/mol. The summed E-state index contributed by atoms with van der Waals surface area (Å²) < 4.78 is 4.74. The largest absolute Gasteiger partial charge is 0.464 e. The predicted molar refractivity (Wildman–Crippen MR) is 48.3 cm³/mol. The molecule has 1 atom stereocenters. The Balaban J connectivity index is 2.10. The van der Waals surface area contributed by atoms with Gasteiger partial charge in [-0.2, -0.15) is 0 Å². The molecule has 1 heterocycles. The highest BCUT2D eigenvalue weighted by molar-refractivity contribution is 6.17. The lowest BCUT2D eigenvalue weighted by atomic mass is 9.82. The van der Waals surface area contributed by atoms with E-state index >= 15 is 0 Å². The number of carbonyl (C=O) groups excluding carboxylic acids is 1. The number of carbonyl (C=O) groups is 1. The third-order valence-electron chi connectivity index (χ3n) is 2.38. The van der Waals surface area contributed by atoms with Crippen LogP contribution in [0.3, 0.4) is 0 Å². The van der Waals surface area contributed by atoms with E-state index in [0.29, 0.717) is 6.61 Å². The molecule has 70 valence electrons. The Morgan fingerprint density at radius 2 is 2.25 bits per heavy atom. The van der Waals surface area contributed by atoms with E-state index in [1.807, 2.05) is 6.92 Å². The second-order valence-electron chi connectivity index (χ2n) is 3.64. The molecule has 0 aromatic rings. The van der Waals surface area contributed by atoms with E-state index in [1.54, 1.807) is 0 Å². The molecule has 0 N–H and O–H groups in total. The predicted octanol–water partition coefficient (Wildman–Crippen LogP) is 2.35. The fourth-order valence-corrected chi connectivity index (χ4v) is 1.53. The van der Waals surface area contributed by atoms with Crippen LogP contribution in [0.15, 0.2) is 0 Å². The van der Waals surface area contributed by atoms with Crippen molar-refractivity contribution in [1.29, 1.82) is 0 Å². The average molecular weight is 191 g/mol. The zero-order chi connectivity index (χ0) is 9.03. The van der Waals surface area contributed by atoms with Crippen molar-refractivity contribution in [3.8, 4) is 0 Å². The zero-order valence-corrected chi connectivity index (χ0v) is 8.19. The first kappa shape index (κ1) is 9.85. The summed E-state index contributed by atoms with van der Waals surface area (Å²) in [6.07, 6.45) is 4.19. The standard InChI is InChI=1S/C9H15ClO2/c1-9(7-12-8(9)11)5-3-2-4-6-10/h2-7H2,1H3. The zero-order valence-electron chi connectivity index (χ0n) is 7.44. The average Bonchev–Trinajstić information content (AvgIpc) is 2.09. The fourth-order valence-electron chi connectivity index (χ4n) is 1.34. The number of hydrogen-bond acceptors (Lipinski definition) is 2. The molecule has 1 rings (SSSR count). The van der Waals surface area contributed by atoms with Gasteiger partial charge in [0.25, 0.3) is 0 Å². The summed E-state index contributed by atoms with van der Waals surface area (Å²) in [6.45, 7) is 2.58. The van der Waals surface area contributed by atoms with Crippen molar-refractivity contribution >= 4 is 17.6 Å².